The first-order valence-corrected chi connectivity index (χ1v) is 3.74. The monoisotopic (exact) mass is 171 g/mol. The summed E-state index contributed by atoms with van der Waals surface area (Å²) >= 11 is 0. The van der Waals surface area contributed by atoms with Crippen LogP contribution >= 0.6 is 0 Å². The highest BCUT2D eigenvalue weighted by Crippen LogP contribution is 2.13. The summed E-state index contributed by atoms with van der Waals surface area (Å²) in [5.41, 5.74) is 0.970. The van der Waals surface area contributed by atoms with Crippen LogP contribution in [-0.2, 0) is 6.54 Å². The van der Waals surface area contributed by atoms with Gasteiger partial charge in [0.05, 0.1) is 0 Å². The predicted octanol–water partition coefficient (Wildman–Crippen LogP) is 1.99. The van der Waals surface area contributed by atoms with Gasteiger partial charge in [0, 0.05) is 18.2 Å². The van der Waals surface area contributed by atoms with Gasteiger partial charge in [-0.3, -0.25) is 0 Å². The van der Waals surface area contributed by atoms with E-state index >= 15 is 0 Å². The van der Waals surface area contributed by atoms with Gasteiger partial charge in [0.25, 0.3) is 0 Å². The van der Waals surface area contributed by atoms with Crippen molar-refractivity contribution in [1.82, 2.24) is 5.32 Å². The molecule has 0 saturated carbocycles. The van der Waals surface area contributed by atoms with E-state index in [4.69, 9.17) is 0 Å². The molecule has 0 radical (unpaired) electrons. The van der Waals surface area contributed by atoms with Gasteiger partial charge >= 0.3 is 0 Å². The van der Waals surface area contributed by atoms with E-state index in [0.29, 0.717) is 17.7 Å². The third-order valence-corrected chi connectivity index (χ3v) is 1.69. The fraction of sp³-hybridized carbons (Fsp3) is 0.333. The second-order valence-corrected chi connectivity index (χ2v) is 2.72. The molecule has 0 amide bonds. The first kappa shape index (κ1) is 9.13. The van der Waals surface area contributed by atoms with Crippen molar-refractivity contribution in [3.8, 4) is 0 Å². The number of hydrogen-bond donors (Lipinski definition) is 1. The molecule has 1 nitrogen and oxygen atoms in total. The van der Waals surface area contributed by atoms with E-state index in [1.54, 1.807) is 14.0 Å². The zero-order valence-corrected chi connectivity index (χ0v) is 7.12. The molecule has 12 heavy (non-hydrogen) atoms. The lowest BCUT2D eigenvalue weighted by atomic mass is 10.1. The Morgan fingerprint density at radius 2 is 1.92 bits per heavy atom. The Morgan fingerprint density at radius 1 is 1.25 bits per heavy atom. The quantitative estimate of drug-likeness (QED) is 0.717. The highest BCUT2D eigenvalue weighted by atomic mass is 19.1. The molecule has 1 N–H and O–H groups in total. The molecule has 0 aliphatic rings. The number of rotatable bonds is 2. The molecule has 1 aromatic carbocycles. The highest BCUT2D eigenvalue weighted by Gasteiger charge is 2.05. The molecule has 1 aromatic rings. The number of hydrogen-bond acceptors (Lipinski definition) is 1. The highest BCUT2D eigenvalue weighted by molar-refractivity contribution is 5.25. The van der Waals surface area contributed by atoms with Crippen LogP contribution in [0, 0.1) is 18.6 Å². The van der Waals surface area contributed by atoms with E-state index in [1.807, 2.05) is 0 Å². The minimum Gasteiger partial charge on any atom is -0.316 e. The van der Waals surface area contributed by atoms with E-state index in [9.17, 15) is 8.78 Å². The maximum Gasteiger partial charge on any atom is 0.130 e. The Hall–Kier alpha value is -0.960. The molecule has 0 fully saturated rings. The van der Waals surface area contributed by atoms with Crippen LogP contribution in [0.2, 0.25) is 0 Å². The molecule has 1 rings (SSSR count). The van der Waals surface area contributed by atoms with Gasteiger partial charge in [-0.05, 0) is 25.6 Å². The summed E-state index contributed by atoms with van der Waals surface area (Å²) in [6.07, 6.45) is 0. The molecule has 0 unspecified atom stereocenters. The fourth-order valence-electron chi connectivity index (χ4n) is 1.04. The van der Waals surface area contributed by atoms with Crippen molar-refractivity contribution in [2.24, 2.45) is 0 Å². The van der Waals surface area contributed by atoms with Crippen molar-refractivity contribution >= 4 is 0 Å². The second kappa shape index (κ2) is 3.63. The van der Waals surface area contributed by atoms with Gasteiger partial charge in [-0.1, -0.05) is 0 Å². The average Bonchev–Trinajstić information content (AvgIpc) is 2.01. The Kier molecular flexibility index (Phi) is 2.76. The van der Waals surface area contributed by atoms with E-state index in [2.05, 4.69) is 5.32 Å². The van der Waals surface area contributed by atoms with Crippen molar-refractivity contribution in [2.45, 2.75) is 13.5 Å². The number of halogens is 2. The van der Waals surface area contributed by atoms with Crippen LogP contribution in [0.15, 0.2) is 12.1 Å². The van der Waals surface area contributed by atoms with Crippen LogP contribution in [0.25, 0.3) is 0 Å². The molecule has 0 saturated heterocycles. The van der Waals surface area contributed by atoms with Gasteiger partial charge in [0.2, 0.25) is 0 Å². The smallest absolute Gasteiger partial charge is 0.130 e. The SMILES string of the molecule is CNCc1cc(C)c(F)cc1F. The largest absolute Gasteiger partial charge is 0.316 e. The average molecular weight is 171 g/mol. The van der Waals surface area contributed by atoms with Gasteiger partial charge in [-0.25, -0.2) is 8.78 Å². The third kappa shape index (κ3) is 1.80. The van der Waals surface area contributed by atoms with Crippen molar-refractivity contribution in [2.75, 3.05) is 7.05 Å². The van der Waals surface area contributed by atoms with Crippen molar-refractivity contribution < 1.29 is 8.78 Å². The van der Waals surface area contributed by atoms with Crippen LogP contribution in [0.4, 0.5) is 8.78 Å². The van der Waals surface area contributed by atoms with E-state index in [1.165, 1.54) is 6.07 Å². The predicted molar refractivity (Wildman–Crippen MR) is 43.9 cm³/mol. The van der Waals surface area contributed by atoms with Crippen LogP contribution in [0.3, 0.4) is 0 Å². The number of aryl methyl sites for hydroxylation is 1. The van der Waals surface area contributed by atoms with E-state index in [-0.39, 0.29) is 0 Å². The minimum atomic E-state index is -0.493. The Bertz CT molecular complexity index is 284. The summed E-state index contributed by atoms with van der Waals surface area (Å²) in [5, 5.41) is 2.81. The normalized spacial score (nSPS) is 10.3. The standard InChI is InChI=1S/C9H11F2N/c1-6-3-7(5-12-2)9(11)4-8(6)10/h3-4,12H,5H2,1-2H3. The molecule has 3 heteroatoms. The Morgan fingerprint density at radius 3 is 2.50 bits per heavy atom. The van der Waals surface area contributed by atoms with Crippen LogP contribution in [-0.4, -0.2) is 7.05 Å². The van der Waals surface area contributed by atoms with Crippen LogP contribution < -0.4 is 5.32 Å². The minimum absolute atomic E-state index is 0.424. The van der Waals surface area contributed by atoms with Gasteiger partial charge in [0.1, 0.15) is 11.6 Å². The molecule has 0 heterocycles. The number of benzene rings is 1. The van der Waals surface area contributed by atoms with E-state index in [0.717, 1.165) is 6.07 Å². The lowest BCUT2D eigenvalue weighted by Crippen LogP contribution is -2.07. The van der Waals surface area contributed by atoms with Crippen molar-refractivity contribution in [1.29, 1.82) is 0 Å². The van der Waals surface area contributed by atoms with Gasteiger partial charge in [-0.15, -0.1) is 0 Å². The first-order chi connectivity index (χ1) is 5.65. The summed E-state index contributed by atoms with van der Waals surface area (Å²) < 4.78 is 25.7. The number of nitrogens with one attached hydrogen (secondary N) is 1. The Balaban J connectivity index is 3.05. The molecular formula is C9H11F2N. The van der Waals surface area contributed by atoms with Gasteiger partial charge < -0.3 is 5.32 Å². The molecular weight excluding hydrogens is 160 g/mol. The van der Waals surface area contributed by atoms with Gasteiger partial charge in [-0.2, -0.15) is 0 Å². The zero-order valence-electron chi connectivity index (χ0n) is 7.12. The third-order valence-electron chi connectivity index (χ3n) is 1.69. The first-order valence-electron chi connectivity index (χ1n) is 3.74. The zero-order chi connectivity index (χ0) is 9.14. The summed E-state index contributed by atoms with van der Waals surface area (Å²) in [5.74, 6) is -0.986. The molecule has 0 spiro atoms. The van der Waals surface area contributed by atoms with Crippen LogP contribution in [0.1, 0.15) is 11.1 Å². The second-order valence-electron chi connectivity index (χ2n) is 2.72. The molecule has 0 aromatic heterocycles. The topological polar surface area (TPSA) is 12.0 Å². The Labute approximate surface area is 70.4 Å². The molecule has 66 valence electrons. The molecule has 0 aliphatic carbocycles. The molecule has 0 atom stereocenters. The lowest BCUT2D eigenvalue weighted by Gasteiger charge is -2.04. The summed E-state index contributed by atoms with van der Waals surface area (Å²) in [6, 6.07) is 2.43. The summed E-state index contributed by atoms with van der Waals surface area (Å²) in [7, 11) is 1.72. The lowest BCUT2D eigenvalue weighted by molar-refractivity contribution is 0.562. The van der Waals surface area contributed by atoms with Gasteiger partial charge in [0.15, 0.2) is 0 Å². The van der Waals surface area contributed by atoms with Crippen LogP contribution in [0.5, 0.6) is 0 Å². The fourth-order valence-corrected chi connectivity index (χ4v) is 1.04. The molecule has 0 bridgehead atoms. The van der Waals surface area contributed by atoms with E-state index < -0.39 is 11.6 Å². The van der Waals surface area contributed by atoms with Crippen molar-refractivity contribution in [3.63, 3.8) is 0 Å². The summed E-state index contributed by atoms with van der Waals surface area (Å²) in [6.45, 7) is 2.04. The maximum atomic E-state index is 12.9. The maximum absolute atomic E-state index is 12.9. The summed E-state index contributed by atoms with van der Waals surface area (Å²) in [4.78, 5) is 0. The van der Waals surface area contributed by atoms with Crippen molar-refractivity contribution in [3.05, 3.63) is 34.9 Å². The molecule has 0 aliphatic heterocycles.